The third-order valence-corrected chi connectivity index (χ3v) is 8.25. The second-order valence-electron chi connectivity index (χ2n) is 9.30. The second-order valence-corrected chi connectivity index (χ2v) is 12.0. The molecule has 216 valence electrons. The number of sulfonamides is 1. The Balaban J connectivity index is 2.31. The number of rotatable bonds is 15. The van der Waals surface area contributed by atoms with Crippen molar-refractivity contribution in [3.8, 4) is 5.75 Å². The van der Waals surface area contributed by atoms with Gasteiger partial charge in [-0.1, -0.05) is 55.2 Å². The highest BCUT2D eigenvalue weighted by Gasteiger charge is 2.30. The van der Waals surface area contributed by atoms with Crippen molar-refractivity contribution in [2.24, 2.45) is 0 Å². The zero-order chi connectivity index (χ0) is 29.2. The lowest BCUT2D eigenvalue weighted by Crippen LogP contribution is -2.50. The molecule has 0 aliphatic carbocycles. The van der Waals surface area contributed by atoms with Crippen LogP contribution in [0.3, 0.4) is 0 Å². The van der Waals surface area contributed by atoms with Crippen LogP contribution in [0.15, 0.2) is 42.5 Å². The first-order chi connectivity index (χ1) is 18.4. The summed E-state index contributed by atoms with van der Waals surface area (Å²) < 4.78 is 32.2. The highest BCUT2D eigenvalue weighted by Crippen LogP contribution is 2.31. The van der Waals surface area contributed by atoms with E-state index in [9.17, 15) is 18.0 Å². The summed E-state index contributed by atoms with van der Waals surface area (Å²) in [6.45, 7) is 8.02. The van der Waals surface area contributed by atoms with Crippen LogP contribution in [0.2, 0.25) is 10.0 Å². The molecule has 8 nitrogen and oxygen atoms in total. The molecule has 0 aliphatic heterocycles. The molecule has 1 N–H and O–H groups in total. The Labute approximate surface area is 242 Å². The minimum Gasteiger partial charge on any atom is -0.492 e. The van der Waals surface area contributed by atoms with Gasteiger partial charge >= 0.3 is 0 Å². The van der Waals surface area contributed by atoms with Crippen molar-refractivity contribution in [3.63, 3.8) is 0 Å². The van der Waals surface area contributed by atoms with E-state index in [0.29, 0.717) is 40.1 Å². The number of benzene rings is 2. The van der Waals surface area contributed by atoms with Gasteiger partial charge in [0.2, 0.25) is 21.8 Å². The highest BCUT2D eigenvalue weighted by atomic mass is 35.5. The van der Waals surface area contributed by atoms with Crippen LogP contribution in [0.1, 0.15) is 58.9 Å². The Morgan fingerprint density at radius 1 is 1.00 bits per heavy atom. The summed E-state index contributed by atoms with van der Waals surface area (Å²) in [6.07, 6.45) is 2.49. The summed E-state index contributed by atoms with van der Waals surface area (Å²) in [7, 11) is -3.66. The van der Waals surface area contributed by atoms with Gasteiger partial charge in [-0.25, -0.2) is 8.42 Å². The summed E-state index contributed by atoms with van der Waals surface area (Å²) in [4.78, 5) is 28.3. The summed E-state index contributed by atoms with van der Waals surface area (Å²) >= 11 is 12.8. The van der Waals surface area contributed by atoms with Crippen LogP contribution in [0, 0.1) is 0 Å². The van der Waals surface area contributed by atoms with Crippen molar-refractivity contribution in [3.05, 3.63) is 58.1 Å². The number of ether oxygens (including phenoxy) is 1. The molecule has 39 heavy (non-hydrogen) atoms. The van der Waals surface area contributed by atoms with E-state index in [0.717, 1.165) is 12.7 Å². The molecule has 0 aromatic heterocycles. The minimum atomic E-state index is -3.66. The van der Waals surface area contributed by atoms with Crippen LogP contribution in [-0.2, 0) is 26.2 Å². The van der Waals surface area contributed by atoms with Crippen LogP contribution in [0.5, 0.6) is 5.75 Å². The molecule has 11 heteroatoms. The van der Waals surface area contributed by atoms with Crippen molar-refractivity contribution in [2.75, 3.05) is 23.7 Å². The van der Waals surface area contributed by atoms with Crippen LogP contribution >= 0.6 is 23.2 Å². The van der Waals surface area contributed by atoms with Crippen molar-refractivity contribution >= 4 is 50.7 Å². The molecule has 0 bridgehead atoms. The van der Waals surface area contributed by atoms with Crippen LogP contribution < -0.4 is 14.4 Å². The maximum absolute atomic E-state index is 13.6. The lowest BCUT2D eigenvalue weighted by molar-refractivity contribution is -0.141. The fourth-order valence-electron chi connectivity index (χ4n) is 4.14. The molecule has 0 saturated heterocycles. The molecular formula is C28H39Cl2N3O5S. The third-order valence-electron chi connectivity index (χ3n) is 6.36. The number of hydrogen-bond acceptors (Lipinski definition) is 5. The molecule has 0 heterocycles. The van der Waals surface area contributed by atoms with E-state index in [1.807, 2.05) is 27.7 Å². The molecule has 2 aromatic rings. The summed E-state index contributed by atoms with van der Waals surface area (Å²) in [5.41, 5.74) is 0.959. The van der Waals surface area contributed by atoms with E-state index in [1.54, 1.807) is 42.5 Å². The molecule has 2 rings (SSSR count). The van der Waals surface area contributed by atoms with Gasteiger partial charge in [0.1, 0.15) is 11.8 Å². The zero-order valence-corrected chi connectivity index (χ0v) is 25.6. The van der Waals surface area contributed by atoms with E-state index >= 15 is 0 Å². The van der Waals surface area contributed by atoms with E-state index in [1.165, 1.54) is 9.21 Å². The molecular weight excluding hydrogens is 561 g/mol. The summed E-state index contributed by atoms with van der Waals surface area (Å²) in [5, 5.41) is 3.76. The number of nitrogens with zero attached hydrogens (tertiary/aromatic N) is 2. The molecule has 0 unspecified atom stereocenters. The number of hydrogen-bond donors (Lipinski definition) is 1. The lowest BCUT2D eigenvalue weighted by atomic mass is 10.1. The molecule has 0 aliphatic rings. The zero-order valence-electron chi connectivity index (χ0n) is 23.2. The number of carbonyl (C=O) groups is 2. The Kier molecular flexibility index (Phi) is 12.9. The largest absolute Gasteiger partial charge is 0.492 e. The number of halogens is 2. The van der Waals surface area contributed by atoms with Gasteiger partial charge in [-0.05, 0) is 57.4 Å². The molecule has 0 saturated carbocycles. The quantitative estimate of drug-likeness (QED) is 0.285. The van der Waals surface area contributed by atoms with Gasteiger partial charge in [0.05, 0.1) is 18.6 Å². The standard InChI is InChI=1S/C28H39Cl2N3O5S/c1-6-20(4)31-28(35)24(7-2)32(19-21-22(29)13-11-14-23(21)30)27(34)17-12-18-33(39(5,36)37)25-15-9-10-16-26(25)38-8-3/h9-11,13-16,20,24H,6-8,12,17-19H2,1-5H3,(H,31,35)/t20-,24-/m1/s1. The first kappa shape index (κ1) is 32.7. The Morgan fingerprint density at radius 3 is 2.21 bits per heavy atom. The van der Waals surface area contributed by atoms with Crippen LogP contribution in [0.4, 0.5) is 5.69 Å². The van der Waals surface area contributed by atoms with Crippen molar-refractivity contribution < 1.29 is 22.7 Å². The van der Waals surface area contributed by atoms with Gasteiger partial charge in [-0.15, -0.1) is 0 Å². The average Bonchev–Trinajstić information content (AvgIpc) is 2.88. The van der Waals surface area contributed by atoms with Crippen molar-refractivity contribution in [1.29, 1.82) is 0 Å². The third kappa shape index (κ3) is 9.29. The predicted molar refractivity (Wildman–Crippen MR) is 158 cm³/mol. The number of carbonyl (C=O) groups excluding carboxylic acids is 2. The maximum atomic E-state index is 13.6. The molecule has 2 aromatic carbocycles. The van der Waals surface area contributed by atoms with Crippen molar-refractivity contribution in [2.45, 2.75) is 72.0 Å². The maximum Gasteiger partial charge on any atom is 0.243 e. The normalized spacial score (nSPS) is 12.9. The van der Waals surface area contributed by atoms with Gasteiger partial charge in [0, 0.05) is 41.2 Å². The van der Waals surface area contributed by atoms with Gasteiger partial charge in [0.25, 0.3) is 0 Å². The van der Waals surface area contributed by atoms with Gasteiger partial charge in [-0.3, -0.25) is 13.9 Å². The van der Waals surface area contributed by atoms with Gasteiger partial charge < -0.3 is 15.0 Å². The number of nitrogens with one attached hydrogen (secondary N) is 1. The lowest BCUT2D eigenvalue weighted by Gasteiger charge is -2.32. The monoisotopic (exact) mass is 599 g/mol. The van der Waals surface area contributed by atoms with E-state index < -0.39 is 16.1 Å². The molecule has 2 amide bonds. The van der Waals surface area contributed by atoms with Crippen molar-refractivity contribution in [1.82, 2.24) is 10.2 Å². The molecule has 2 atom stereocenters. The van der Waals surface area contributed by atoms with Crippen LogP contribution in [0.25, 0.3) is 0 Å². The predicted octanol–water partition coefficient (Wildman–Crippen LogP) is 5.66. The minimum absolute atomic E-state index is 0.0119. The molecule has 0 radical (unpaired) electrons. The van der Waals surface area contributed by atoms with E-state index in [2.05, 4.69) is 5.32 Å². The van der Waals surface area contributed by atoms with E-state index in [4.69, 9.17) is 27.9 Å². The Bertz CT molecular complexity index is 1210. The number of para-hydroxylation sites is 2. The Hall–Kier alpha value is -2.49. The second kappa shape index (κ2) is 15.3. The fourth-order valence-corrected chi connectivity index (χ4v) is 5.62. The smallest absolute Gasteiger partial charge is 0.243 e. The first-order valence-corrected chi connectivity index (χ1v) is 15.8. The topological polar surface area (TPSA) is 96.0 Å². The van der Waals surface area contributed by atoms with E-state index in [-0.39, 0.29) is 43.8 Å². The Morgan fingerprint density at radius 2 is 1.64 bits per heavy atom. The van der Waals surface area contributed by atoms with Crippen LogP contribution in [-0.4, -0.2) is 56.6 Å². The number of anilines is 1. The summed E-state index contributed by atoms with van der Waals surface area (Å²) in [5.74, 6) is -0.116. The first-order valence-electron chi connectivity index (χ1n) is 13.2. The van der Waals surface area contributed by atoms with Gasteiger partial charge in [-0.2, -0.15) is 0 Å². The molecule has 0 spiro atoms. The SMILES string of the molecule is CCOc1ccccc1N(CCCC(=O)N(Cc1c(Cl)cccc1Cl)[C@H](CC)C(=O)N[C@H](C)CC)S(C)(=O)=O. The highest BCUT2D eigenvalue weighted by molar-refractivity contribution is 7.92. The number of amides is 2. The fraction of sp³-hybridized carbons (Fsp3) is 0.500. The average molecular weight is 601 g/mol. The van der Waals surface area contributed by atoms with Gasteiger partial charge in [0.15, 0.2) is 0 Å². The summed E-state index contributed by atoms with van der Waals surface area (Å²) in [6, 6.07) is 11.2. The molecule has 0 fully saturated rings.